The second-order valence-corrected chi connectivity index (χ2v) is 10.8. The quantitative estimate of drug-likeness (QED) is 0.397. The number of alkyl halides is 2. The maximum absolute atomic E-state index is 13.3. The van der Waals surface area contributed by atoms with Gasteiger partial charge in [-0.1, -0.05) is 37.3 Å². The van der Waals surface area contributed by atoms with Gasteiger partial charge in [0, 0.05) is 17.5 Å². The van der Waals surface area contributed by atoms with Crippen molar-refractivity contribution in [2.45, 2.75) is 69.5 Å². The molecule has 2 aliphatic carbocycles. The number of methoxy groups -OCH3 is 1. The molecule has 0 aromatic carbocycles. The number of hydrogen-bond donors (Lipinski definition) is 3. The molecule has 3 N–H and O–H groups in total. The highest BCUT2D eigenvalue weighted by molar-refractivity contribution is 7.14. The van der Waals surface area contributed by atoms with E-state index in [4.69, 9.17) is 16.3 Å². The van der Waals surface area contributed by atoms with E-state index in [2.05, 4.69) is 20.9 Å². The van der Waals surface area contributed by atoms with Gasteiger partial charge in [-0.2, -0.15) is 0 Å². The van der Waals surface area contributed by atoms with Gasteiger partial charge in [0.05, 0.1) is 34.8 Å². The van der Waals surface area contributed by atoms with Crippen molar-refractivity contribution in [2.24, 2.45) is 5.92 Å². The highest BCUT2D eigenvalue weighted by atomic mass is 35.5. The number of pyridine rings is 1. The van der Waals surface area contributed by atoms with Crippen molar-refractivity contribution in [2.75, 3.05) is 12.4 Å². The maximum atomic E-state index is 13.3. The van der Waals surface area contributed by atoms with Crippen LogP contribution in [0.1, 0.15) is 66.0 Å². The third-order valence-electron chi connectivity index (χ3n) is 6.47. The number of hydrogen-bond acceptors (Lipinski definition) is 6. The molecule has 2 saturated carbocycles. The minimum atomic E-state index is -2.86. The third kappa shape index (κ3) is 6.41. The monoisotopic (exact) mass is 526 g/mol. The van der Waals surface area contributed by atoms with Crippen LogP contribution in [0.3, 0.4) is 0 Å². The van der Waals surface area contributed by atoms with Crippen molar-refractivity contribution in [1.82, 2.24) is 15.6 Å². The van der Waals surface area contributed by atoms with Crippen LogP contribution >= 0.6 is 22.9 Å². The van der Waals surface area contributed by atoms with Gasteiger partial charge in [0.1, 0.15) is 6.04 Å². The van der Waals surface area contributed by atoms with Crippen molar-refractivity contribution in [3.05, 3.63) is 39.2 Å². The average molecular weight is 527 g/mol. The normalized spacial score (nSPS) is 20.7. The molecule has 2 aliphatic rings. The molecule has 4 rings (SSSR count). The topological polar surface area (TPSA) is 92.3 Å². The zero-order chi connectivity index (χ0) is 25.2. The Bertz CT molecular complexity index is 1080. The van der Waals surface area contributed by atoms with Crippen LogP contribution in [-0.4, -0.2) is 41.9 Å². The lowest BCUT2D eigenvalue weighted by Gasteiger charge is -2.21. The highest BCUT2D eigenvalue weighted by Gasteiger charge is 2.58. The lowest BCUT2D eigenvalue weighted by atomic mass is 9.97. The van der Waals surface area contributed by atoms with Gasteiger partial charge in [0.2, 0.25) is 11.8 Å². The number of aromatic nitrogens is 1. The molecular formula is C24H29ClF2N4O3S. The van der Waals surface area contributed by atoms with Crippen LogP contribution in [0.15, 0.2) is 24.4 Å². The van der Waals surface area contributed by atoms with Crippen LogP contribution in [0.5, 0.6) is 5.88 Å². The SMILES string of the molecule is COc1ncc(Cl)cc1NC(C)c1ccc(C(=O)NC(CC2CCCC2)C(=O)N[C@@H]2CC2(F)F)s1. The van der Waals surface area contributed by atoms with Crippen molar-refractivity contribution in [3.8, 4) is 5.88 Å². The molecular weight excluding hydrogens is 498 g/mol. The van der Waals surface area contributed by atoms with E-state index in [0.717, 1.165) is 30.6 Å². The van der Waals surface area contributed by atoms with Gasteiger partial charge in [0.15, 0.2) is 0 Å². The van der Waals surface area contributed by atoms with Gasteiger partial charge in [-0.3, -0.25) is 9.59 Å². The first-order valence-electron chi connectivity index (χ1n) is 11.7. The zero-order valence-electron chi connectivity index (χ0n) is 19.6. The predicted octanol–water partition coefficient (Wildman–Crippen LogP) is 5.18. The Kier molecular flexibility index (Phi) is 7.80. The molecule has 2 heterocycles. The van der Waals surface area contributed by atoms with Gasteiger partial charge in [-0.05, 0) is 37.5 Å². The van der Waals surface area contributed by atoms with E-state index in [0.29, 0.717) is 33.8 Å². The fourth-order valence-corrected chi connectivity index (χ4v) is 5.46. The van der Waals surface area contributed by atoms with Crippen molar-refractivity contribution in [3.63, 3.8) is 0 Å². The van der Waals surface area contributed by atoms with E-state index in [1.807, 2.05) is 13.0 Å². The Balaban J connectivity index is 1.41. The Morgan fingerprint density at radius 1 is 1.31 bits per heavy atom. The minimum Gasteiger partial charge on any atom is -0.480 e. The van der Waals surface area contributed by atoms with Gasteiger partial charge < -0.3 is 20.7 Å². The van der Waals surface area contributed by atoms with E-state index < -0.39 is 29.8 Å². The standard InChI is InChI=1S/C24H29ClF2N4O3S/c1-13(29-17-10-15(25)12-28-23(17)34-2)18-7-8-19(35-18)22(33)30-16(9-14-5-3-4-6-14)21(32)31-20-11-24(20,26)27/h7-8,10,12-14,16,20,29H,3-6,9,11H2,1-2H3,(H,30,33)(H,31,32)/t13?,16?,20-/m1/s1. The third-order valence-corrected chi connectivity index (χ3v) is 7.94. The van der Waals surface area contributed by atoms with Crippen molar-refractivity contribution in [1.29, 1.82) is 0 Å². The summed E-state index contributed by atoms with van der Waals surface area (Å²) < 4.78 is 31.9. The van der Waals surface area contributed by atoms with E-state index in [1.165, 1.54) is 24.6 Å². The first kappa shape index (κ1) is 25.6. The molecule has 0 aliphatic heterocycles. The molecule has 0 saturated heterocycles. The van der Waals surface area contributed by atoms with Crippen LogP contribution in [0.4, 0.5) is 14.5 Å². The molecule has 2 unspecified atom stereocenters. The molecule has 2 aromatic heterocycles. The fourth-order valence-electron chi connectivity index (χ4n) is 4.39. The number of amides is 2. The summed E-state index contributed by atoms with van der Waals surface area (Å²) in [6, 6.07) is 3.08. The first-order valence-corrected chi connectivity index (χ1v) is 12.9. The second-order valence-electron chi connectivity index (χ2n) is 9.22. The van der Waals surface area contributed by atoms with Gasteiger partial charge >= 0.3 is 0 Å². The number of rotatable bonds is 10. The lowest BCUT2D eigenvalue weighted by Crippen LogP contribution is -2.48. The zero-order valence-corrected chi connectivity index (χ0v) is 21.1. The number of ether oxygens (including phenoxy) is 1. The number of carbonyl (C=O) groups is 2. The number of carbonyl (C=O) groups excluding carboxylic acids is 2. The van der Waals surface area contributed by atoms with Crippen LogP contribution in [0.25, 0.3) is 0 Å². The van der Waals surface area contributed by atoms with E-state index in [-0.39, 0.29) is 12.5 Å². The van der Waals surface area contributed by atoms with Crippen LogP contribution in [-0.2, 0) is 4.79 Å². The summed E-state index contributed by atoms with van der Waals surface area (Å²) in [6.45, 7) is 1.93. The van der Waals surface area contributed by atoms with E-state index in [9.17, 15) is 18.4 Å². The molecule has 3 atom stereocenters. The largest absolute Gasteiger partial charge is 0.480 e. The first-order chi connectivity index (χ1) is 16.7. The summed E-state index contributed by atoms with van der Waals surface area (Å²) in [6.07, 6.45) is 5.72. The summed E-state index contributed by atoms with van der Waals surface area (Å²) in [5, 5.41) is 8.94. The van der Waals surface area contributed by atoms with Gasteiger partial charge in [-0.25, -0.2) is 13.8 Å². The van der Waals surface area contributed by atoms with E-state index in [1.54, 1.807) is 12.1 Å². The Morgan fingerprint density at radius 3 is 2.69 bits per heavy atom. The summed E-state index contributed by atoms with van der Waals surface area (Å²) in [4.78, 5) is 31.2. The predicted molar refractivity (Wildman–Crippen MR) is 131 cm³/mol. The van der Waals surface area contributed by atoms with E-state index >= 15 is 0 Å². The number of halogens is 3. The fraction of sp³-hybridized carbons (Fsp3) is 0.542. The molecule has 2 fully saturated rings. The van der Waals surface area contributed by atoms with Gasteiger partial charge in [0.25, 0.3) is 11.8 Å². The molecule has 35 heavy (non-hydrogen) atoms. The Hall–Kier alpha value is -2.46. The second kappa shape index (κ2) is 10.7. The smallest absolute Gasteiger partial charge is 0.270 e. The average Bonchev–Trinajstić information content (AvgIpc) is 3.25. The summed E-state index contributed by atoms with van der Waals surface area (Å²) in [5.41, 5.74) is 0.622. The molecule has 0 radical (unpaired) electrons. The molecule has 7 nitrogen and oxygen atoms in total. The highest BCUT2D eigenvalue weighted by Crippen LogP contribution is 2.41. The lowest BCUT2D eigenvalue weighted by molar-refractivity contribution is -0.124. The number of nitrogens with one attached hydrogen (secondary N) is 3. The number of nitrogens with zero attached hydrogens (tertiary/aromatic N) is 1. The number of anilines is 1. The van der Waals surface area contributed by atoms with Crippen molar-refractivity contribution < 1.29 is 23.1 Å². The van der Waals surface area contributed by atoms with Crippen molar-refractivity contribution >= 4 is 40.4 Å². The van der Waals surface area contributed by atoms with Gasteiger partial charge in [-0.15, -0.1) is 11.3 Å². The molecule has 0 spiro atoms. The summed E-state index contributed by atoms with van der Waals surface area (Å²) in [5.74, 6) is -3.09. The Morgan fingerprint density at radius 2 is 2.03 bits per heavy atom. The maximum Gasteiger partial charge on any atom is 0.270 e. The van der Waals surface area contributed by atoms with Crippen LogP contribution in [0, 0.1) is 5.92 Å². The summed E-state index contributed by atoms with van der Waals surface area (Å²) in [7, 11) is 1.52. The molecule has 0 bridgehead atoms. The molecule has 2 aromatic rings. The summed E-state index contributed by atoms with van der Waals surface area (Å²) >= 11 is 7.34. The molecule has 2 amide bonds. The molecule has 190 valence electrons. The molecule has 11 heteroatoms. The Labute approximate surface area is 212 Å². The van der Waals surface area contributed by atoms with Crippen LogP contribution < -0.4 is 20.7 Å². The van der Waals surface area contributed by atoms with Crippen LogP contribution in [0.2, 0.25) is 5.02 Å². The number of thiophene rings is 1. The minimum absolute atomic E-state index is 0.176.